The SMILES string of the molecule is CCCCNCC(C)(C)CCOC. The lowest BCUT2D eigenvalue weighted by Gasteiger charge is -2.24. The first-order valence-electron chi connectivity index (χ1n) is 5.32. The van der Waals surface area contributed by atoms with Gasteiger partial charge in [-0.15, -0.1) is 0 Å². The van der Waals surface area contributed by atoms with Crippen molar-refractivity contribution in [2.45, 2.75) is 40.0 Å². The maximum absolute atomic E-state index is 5.08. The van der Waals surface area contributed by atoms with Crippen molar-refractivity contribution in [1.82, 2.24) is 5.32 Å². The van der Waals surface area contributed by atoms with Crippen LogP contribution in [-0.2, 0) is 4.74 Å². The van der Waals surface area contributed by atoms with Gasteiger partial charge in [-0.05, 0) is 24.8 Å². The van der Waals surface area contributed by atoms with Gasteiger partial charge in [0, 0.05) is 20.3 Å². The van der Waals surface area contributed by atoms with Gasteiger partial charge in [0.1, 0.15) is 0 Å². The first-order chi connectivity index (χ1) is 6.12. The molecule has 0 aromatic heterocycles. The van der Waals surface area contributed by atoms with E-state index >= 15 is 0 Å². The molecule has 80 valence electrons. The van der Waals surface area contributed by atoms with Crippen LogP contribution in [-0.4, -0.2) is 26.8 Å². The molecule has 0 saturated carbocycles. The predicted molar refractivity (Wildman–Crippen MR) is 58.1 cm³/mol. The third-order valence-corrected chi connectivity index (χ3v) is 2.29. The van der Waals surface area contributed by atoms with Crippen LogP contribution in [0.15, 0.2) is 0 Å². The highest BCUT2D eigenvalue weighted by atomic mass is 16.5. The minimum atomic E-state index is 0.365. The van der Waals surface area contributed by atoms with Crippen LogP contribution in [0.5, 0.6) is 0 Å². The van der Waals surface area contributed by atoms with E-state index in [1.165, 1.54) is 12.8 Å². The van der Waals surface area contributed by atoms with Crippen LogP contribution in [0.3, 0.4) is 0 Å². The van der Waals surface area contributed by atoms with Crippen molar-refractivity contribution in [3.63, 3.8) is 0 Å². The Kier molecular flexibility index (Phi) is 7.29. The van der Waals surface area contributed by atoms with Crippen LogP contribution < -0.4 is 5.32 Å². The van der Waals surface area contributed by atoms with E-state index < -0.39 is 0 Å². The quantitative estimate of drug-likeness (QED) is 0.589. The second-order valence-electron chi connectivity index (χ2n) is 4.44. The summed E-state index contributed by atoms with van der Waals surface area (Å²) in [7, 11) is 1.76. The lowest BCUT2D eigenvalue weighted by Crippen LogP contribution is -2.31. The number of hydrogen-bond acceptors (Lipinski definition) is 2. The molecule has 0 bridgehead atoms. The van der Waals surface area contributed by atoms with E-state index in [4.69, 9.17) is 4.74 Å². The van der Waals surface area contributed by atoms with Crippen molar-refractivity contribution in [2.75, 3.05) is 26.8 Å². The molecule has 0 aromatic carbocycles. The third kappa shape index (κ3) is 8.26. The van der Waals surface area contributed by atoms with Gasteiger partial charge in [0.2, 0.25) is 0 Å². The van der Waals surface area contributed by atoms with Crippen molar-refractivity contribution in [2.24, 2.45) is 5.41 Å². The molecule has 0 aromatic rings. The third-order valence-electron chi connectivity index (χ3n) is 2.29. The second-order valence-corrected chi connectivity index (χ2v) is 4.44. The van der Waals surface area contributed by atoms with E-state index in [2.05, 4.69) is 26.1 Å². The molecule has 0 fully saturated rings. The molecular formula is C11H25NO. The molecule has 13 heavy (non-hydrogen) atoms. The zero-order chi connectivity index (χ0) is 10.2. The lowest BCUT2D eigenvalue weighted by atomic mass is 9.90. The monoisotopic (exact) mass is 187 g/mol. The van der Waals surface area contributed by atoms with E-state index in [9.17, 15) is 0 Å². The molecule has 0 aliphatic rings. The Morgan fingerprint density at radius 2 is 2.00 bits per heavy atom. The molecule has 1 N–H and O–H groups in total. The largest absolute Gasteiger partial charge is 0.385 e. The minimum Gasteiger partial charge on any atom is -0.385 e. The second kappa shape index (κ2) is 7.34. The summed E-state index contributed by atoms with van der Waals surface area (Å²) in [6.07, 6.45) is 3.68. The fourth-order valence-corrected chi connectivity index (χ4v) is 1.20. The Balaban J connectivity index is 3.39. The average Bonchev–Trinajstić information content (AvgIpc) is 2.09. The van der Waals surface area contributed by atoms with Gasteiger partial charge < -0.3 is 10.1 Å². The maximum atomic E-state index is 5.08. The Morgan fingerprint density at radius 3 is 2.54 bits per heavy atom. The lowest BCUT2D eigenvalue weighted by molar-refractivity contribution is 0.151. The molecule has 0 atom stereocenters. The Bertz CT molecular complexity index is 113. The van der Waals surface area contributed by atoms with Gasteiger partial charge in [-0.2, -0.15) is 0 Å². The number of rotatable bonds is 8. The Hall–Kier alpha value is -0.0800. The number of unbranched alkanes of at least 4 members (excludes halogenated alkanes) is 1. The molecule has 2 heteroatoms. The van der Waals surface area contributed by atoms with Crippen molar-refractivity contribution < 1.29 is 4.74 Å². The van der Waals surface area contributed by atoms with Crippen LogP contribution >= 0.6 is 0 Å². The molecule has 0 spiro atoms. The van der Waals surface area contributed by atoms with E-state index in [0.29, 0.717) is 5.41 Å². The standard InChI is InChI=1S/C11H25NO/c1-5-6-8-12-10-11(2,3)7-9-13-4/h12H,5-10H2,1-4H3. The van der Waals surface area contributed by atoms with Gasteiger partial charge in [-0.25, -0.2) is 0 Å². The highest BCUT2D eigenvalue weighted by Crippen LogP contribution is 2.18. The summed E-state index contributed by atoms with van der Waals surface area (Å²) < 4.78 is 5.08. The van der Waals surface area contributed by atoms with Crippen LogP contribution in [0.25, 0.3) is 0 Å². The van der Waals surface area contributed by atoms with Crippen LogP contribution in [0.4, 0.5) is 0 Å². The van der Waals surface area contributed by atoms with E-state index in [1.807, 2.05) is 0 Å². The highest BCUT2D eigenvalue weighted by molar-refractivity contribution is 4.70. The topological polar surface area (TPSA) is 21.3 Å². The van der Waals surface area contributed by atoms with Crippen molar-refractivity contribution in [1.29, 1.82) is 0 Å². The summed E-state index contributed by atoms with van der Waals surface area (Å²) in [6, 6.07) is 0. The molecule has 0 saturated heterocycles. The van der Waals surface area contributed by atoms with Crippen LogP contribution in [0.1, 0.15) is 40.0 Å². The molecule has 0 heterocycles. The summed E-state index contributed by atoms with van der Waals surface area (Å²) in [5, 5.41) is 3.48. The smallest absolute Gasteiger partial charge is 0.0467 e. The Morgan fingerprint density at radius 1 is 1.31 bits per heavy atom. The number of methoxy groups -OCH3 is 1. The van der Waals surface area contributed by atoms with E-state index in [-0.39, 0.29) is 0 Å². The van der Waals surface area contributed by atoms with Crippen molar-refractivity contribution in [3.8, 4) is 0 Å². The summed E-state index contributed by atoms with van der Waals surface area (Å²) in [6.45, 7) is 9.89. The summed E-state index contributed by atoms with van der Waals surface area (Å²) >= 11 is 0. The van der Waals surface area contributed by atoms with Gasteiger partial charge in [-0.3, -0.25) is 0 Å². The fraction of sp³-hybridized carbons (Fsp3) is 1.00. The summed E-state index contributed by atoms with van der Waals surface area (Å²) in [5.74, 6) is 0. The van der Waals surface area contributed by atoms with Crippen LogP contribution in [0, 0.1) is 5.41 Å². The van der Waals surface area contributed by atoms with Gasteiger partial charge >= 0.3 is 0 Å². The van der Waals surface area contributed by atoms with Crippen molar-refractivity contribution >= 4 is 0 Å². The normalized spacial score (nSPS) is 12.0. The Labute approximate surface area is 83.1 Å². The van der Waals surface area contributed by atoms with Gasteiger partial charge in [0.15, 0.2) is 0 Å². The number of hydrogen-bond donors (Lipinski definition) is 1. The van der Waals surface area contributed by atoms with E-state index in [0.717, 1.165) is 26.1 Å². The molecule has 0 unspecified atom stereocenters. The number of nitrogens with one attached hydrogen (secondary N) is 1. The summed E-state index contributed by atoms with van der Waals surface area (Å²) in [5.41, 5.74) is 0.365. The molecule has 0 aliphatic heterocycles. The number of ether oxygens (including phenoxy) is 1. The average molecular weight is 187 g/mol. The molecule has 0 radical (unpaired) electrons. The van der Waals surface area contributed by atoms with Gasteiger partial charge in [0.25, 0.3) is 0 Å². The zero-order valence-corrected chi connectivity index (χ0v) is 9.65. The summed E-state index contributed by atoms with van der Waals surface area (Å²) in [4.78, 5) is 0. The fourth-order valence-electron chi connectivity index (χ4n) is 1.20. The molecule has 0 rings (SSSR count). The van der Waals surface area contributed by atoms with Crippen molar-refractivity contribution in [3.05, 3.63) is 0 Å². The van der Waals surface area contributed by atoms with Gasteiger partial charge in [0.05, 0.1) is 0 Å². The molecule has 0 aliphatic carbocycles. The van der Waals surface area contributed by atoms with E-state index in [1.54, 1.807) is 7.11 Å². The minimum absolute atomic E-state index is 0.365. The first kappa shape index (κ1) is 12.9. The molecule has 2 nitrogen and oxygen atoms in total. The molecule has 0 amide bonds. The first-order valence-corrected chi connectivity index (χ1v) is 5.32. The maximum Gasteiger partial charge on any atom is 0.0467 e. The highest BCUT2D eigenvalue weighted by Gasteiger charge is 2.16. The predicted octanol–water partition coefficient (Wildman–Crippen LogP) is 2.44. The van der Waals surface area contributed by atoms with Gasteiger partial charge in [-0.1, -0.05) is 27.2 Å². The van der Waals surface area contributed by atoms with Crippen LogP contribution in [0.2, 0.25) is 0 Å². The zero-order valence-electron chi connectivity index (χ0n) is 9.65. The molecular weight excluding hydrogens is 162 g/mol.